The van der Waals surface area contributed by atoms with Gasteiger partial charge in [-0.2, -0.15) is 5.10 Å². The maximum absolute atomic E-state index is 12.8. The molecular weight excluding hydrogens is 468 g/mol. The van der Waals surface area contributed by atoms with Crippen LogP contribution in [0.1, 0.15) is 38.7 Å². The summed E-state index contributed by atoms with van der Waals surface area (Å²) in [6.07, 6.45) is 5.53. The van der Waals surface area contributed by atoms with Crippen LogP contribution in [-0.4, -0.2) is 42.5 Å². The SMILES string of the molecule is COCc1nc(C(=O)NCc2ccc3c(N)nccc3c2)nn1Cc1ccc(Cn2cc(C)cn2)cc1. The monoisotopic (exact) mass is 496 g/mol. The number of methoxy groups -OCH3 is 1. The van der Waals surface area contributed by atoms with E-state index in [1.165, 1.54) is 0 Å². The topological polar surface area (TPSA) is 126 Å². The summed E-state index contributed by atoms with van der Waals surface area (Å²) in [5.41, 5.74) is 10.2. The quantitative estimate of drug-likeness (QED) is 0.321. The smallest absolute Gasteiger partial charge is 0.291 e. The zero-order valence-electron chi connectivity index (χ0n) is 20.8. The third-order valence-corrected chi connectivity index (χ3v) is 6.00. The van der Waals surface area contributed by atoms with Gasteiger partial charge in [-0.3, -0.25) is 9.48 Å². The molecule has 188 valence electrons. The minimum Gasteiger partial charge on any atom is -0.383 e. The van der Waals surface area contributed by atoms with Gasteiger partial charge in [-0.05, 0) is 46.7 Å². The molecule has 0 spiro atoms. The van der Waals surface area contributed by atoms with Crippen molar-refractivity contribution in [1.82, 2.24) is 34.8 Å². The lowest BCUT2D eigenvalue weighted by Crippen LogP contribution is -2.24. The second-order valence-electron chi connectivity index (χ2n) is 8.91. The summed E-state index contributed by atoms with van der Waals surface area (Å²) in [4.78, 5) is 21.4. The number of aromatic nitrogens is 6. The van der Waals surface area contributed by atoms with Crippen LogP contribution in [0, 0.1) is 6.92 Å². The van der Waals surface area contributed by atoms with Crippen molar-refractivity contribution >= 4 is 22.5 Å². The van der Waals surface area contributed by atoms with E-state index in [0.29, 0.717) is 31.3 Å². The number of nitrogens with two attached hydrogens (primary N) is 1. The number of hydrogen-bond acceptors (Lipinski definition) is 7. The number of anilines is 1. The van der Waals surface area contributed by atoms with Crippen LogP contribution in [0.5, 0.6) is 0 Å². The van der Waals surface area contributed by atoms with E-state index in [-0.39, 0.29) is 18.3 Å². The van der Waals surface area contributed by atoms with E-state index in [1.54, 1.807) is 18.0 Å². The summed E-state index contributed by atoms with van der Waals surface area (Å²) in [7, 11) is 1.59. The Labute approximate surface area is 214 Å². The average Bonchev–Trinajstić information content (AvgIpc) is 3.49. The van der Waals surface area contributed by atoms with Crippen LogP contribution in [0.4, 0.5) is 5.82 Å². The fraction of sp³-hybridized carbons (Fsp3) is 0.222. The van der Waals surface area contributed by atoms with E-state index in [2.05, 4.69) is 37.6 Å². The number of fused-ring (bicyclic) bond motifs is 1. The second kappa shape index (κ2) is 10.6. The Kier molecular flexibility index (Phi) is 6.91. The predicted molar refractivity (Wildman–Crippen MR) is 140 cm³/mol. The molecule has 0 saturated heterocycles. The zero-order chi connectivity index (χ0) is 25.8. The van der Waals surface area contributed by atoms with Gasteiger partial charge >= 0.3 is 0 Å². The number of benzene rings is 2. The number of carbonyl (C=O) groups excluding carboxylic acids is 1. The first-order chi connectivity index (χ1) is 18.0. The maximum atomic E-state index is 12.8. The van der Waals surface area contributed by atoms with E-state index in [9.17, 15) is 4.79 Å². The molecule has 10 heteroatoms. The standard InChI is InChI=1S/C27H28N8O2/c1-18-12-31-34(14-18)15-19-3-5-20(6-4-19)16-35-24(17-37-2)32-26(33-35)27(36)30-13-21-7-8-23-22(11-21)9-10-29-25(23)28/h3-12,14H,13,15-17H2,1-2H3,(H2,28,29)(H,30,36). The van der Waals surface area contributed by atoms with Gasteiger partial charge in [0.25, 0.3) is 5.91 Å². The molecule has 0 aliphatic rings. The van der Waals surface area contributed by atoms with Crippen molar-refractivity contribution in [2.75, 3.05) is 12.8 Å². The molecule has 5 rings (SSSR count). The van der Waals surface area contributed by atoms with Crippen LogP contribution in [-0.2, 0) is 31.0 Å². The first-order valence-corrected chi connectivity index (χ1v) is 11.9. The molecule has 1 amide bonds. The summed E-state index contributed by atoms with van der Waals surface area (Å²) in [6, 6.07) is 15.9. The Morgan fingerprint density at radius 3 is 2.54 bits per heavy atom. The van der Waals surface area contributed by atoms with Crippen molar-refractivity contribution < 1.29 is 9.53 Å². The van der Waals surface area contributed by atoms with Crippen molar-refractivity contribution in [3.05, 3.63) is 101 Å². The van der Waals surface area contributed by atoms with Crippen LogP contribution in [0.25, 0.3) is 10.8 Å². The molecule has 0 aliphatic heterocycles. The summed E-state index contributed by atoms with van der Waals surface area (Å²) in [5.74, 6) is 0.816. The lowest BCUT2D eigenvalue weighted by Gasteiger charge is -2.07. The van der Waals surface area contributed by atoms with Crippen LogP contribution in [0.15, 0.2) is 67.1 Å². The second-order valence-corrected chi connectivity index (χ2v) is 8.91. The molecular formula is C27H28N8O2. The van der Waals surface area contributed by atoms with Gasteiger partial charge in [-0.25, -0.2) is 14.6 Å². The van der Waals surface area contributed by atoms with E-state index in [1.807, 2.05) is 60.4 Å². The molecule has 3 aromatic heterocycles. The van der Waals surface area contributed by atoms with Gasteiger partial charge in [0.1, 0.15) is 12.4 Å². The molecule has 5 aromatic rings. The zero-order valence-corrected chi connectivity index (χ0v) is 20.8. The molecule has 0 radical (unpaired) electrons. The molecule has 37 heavy (non-hydrogen) atoms. The summed E-state index contributed by atoms with van der Waals surface area (Å²) in [5, 5.41) is 13.6. The Hall–Kier alpha value is -4.57. The fourth-order valence-electron chi connectivity index (χ4n) is 4.12. The fourth-order valence-corrected chi connectivity index (χ4v) is 4.12. The third kappa shape index (κ3) is 5.65. The molecule has 0 unspecified atom stereocenters. The molecule has 0 fully saturated rings. The van der Waals surface area contributed by atoms with Crippen LogP contribution >= 0.6 is 0 Å². The number of nitrogens with one attached hydrogen (secondary N) is 1. The largest absolute Gasteiger partial charge is 0.383 e. The first kappa shape index (κ1) is 24.1. The highest BCUT2D eigenvalue weighted by atomic mass is 16.5. The van der Waals surface area contributed by atoms with Crippen molar-refractivity contribution in [3.63, 3.8) is 0 Å². The minimum atomic E-state index is -0.352. The number of pyridine rings is 1. The molecule has 0 atom stereocenters. The van der Waals surface area contributed by atoms with Crippen LogP contribution < -0.4 is 11.1 Å². The highest BCUT2D eigenvalue weighted by Crippen LogP contribution is 2.20. The van der Waals surface area contributed by atoms with Gasteiger partial charge in [0.05, 0.1) is 19.3 Å². The molecule has 3 N–H and O–H groups in total. The van der Waals surface area contributed by atoms with Gasteiger partial charge < -0.3 is 15.8 Å². The molecule has 10 nitrogen and oxygen atoms in total. The summed E-state index contributed by atoms with van der Waals surface area (Å²) < 4.78 is 8.90. The van der Waals surface area contributed by atoms with Gasteiger partial charge in [-0.1, -0.05) is 36.4 Å². The predicted octanol–water partition coefficient (Wildman–Crippen LogP) is 3.09. The number of carbonyl (C=O) groups is 1. The molecule has 3 heterocycles. The molecule has 0 saturated carbocycles. The number of amides is 1. The van der Waals surface area contributed by atoms with Gasteiger partial charge in [0.2, 0.25) is 5.82 Å². The van der Waals surface area contributed by atoms with Crippen molar-refractivity contribution in [3.8, 4) is 0 Å². The van der Waals surface area contributed by atoms with E-state index in [0.717, 1.165) is 33.0 Å². The summed E-state index contributed by atoms with van der Waals surface area (Å²) in [6.45, 7) is 3.78. The average molecular weight is 497 g/mol. The lowest BCUT2D eigenvalue weighted by molar-refractivity contribution is 0.0940. The number of nitrogens with zero attached hydrogens (tertiary/aromatic N) is 6. The normalized spacial score (nSPS) is 11.2. The Bertz CT molecular complexity index is 1540. The van der Waals surface area contributed by atoms with Gasteiger partial charge in [0.15, 0.2) is 5.82 Å². The summed E-state index contributed by atoms with van der Waals surface area (Å²) >= 11 is 0. The molecule has 0 aliphatic carbocycles. The Morgan fingerprint density at radius 1 is 1.05 bits per heavy atom. The van der Waals surface area contributed by atoms with Crippen molar-refractivity contribution in [2.24, 2.45) is 0 Å². The molecule has 0 bridgehead atoms. The van der Waals surface area contributed by atoms with Crippen molar-refractivity contribution in [1.29, 1.82) is 0 Å². The van der Waals surface area contributed by atoms with E-state index in [4.69, 9.17) is 10.5 Å². The molecule has 2 aromatic carbocycles. The van der Waals surface area contributed by atoms with E-state index < -0.39 is 0 Å². The third-order valence-electron chi connectivity index (χ3n) is 6.00. The number of nitrogen functional groups attached to an aromatic ring is 1. The number of ether oxygens (including phenoxy) is 1. The van der Waals surface area contributed by atoms with Gasteiger partial charge in [0, 0.05) is 31.4 Å². The highest BCUT2D eigenvalue weighted by Gasteiger charge is 2.17. The van der Waals surface area contributed by atoms with Crippen LogP contribution in [0.3, 0.4) is 0 Å². The van der Waals surface area contributed by atoms with Crippen molar-refractivity contribution in [2.45, 2.75) is 33.2 Å². The Morgan fingerprint density at radius 2 is 1.81 bits per heavy atom. The van der Waals surface area contributed by atoms with E-state index >= 15 is 0 Å². The van der Waals surface area contributed by atoms with Crippen LogP contribution in [0.2, 0.25) is 0 Å². The van der Waals surface area contributed by atoms with Gasteiger partial charge in [-0.15, -0.1) is 5.10 Å². The first-order valence-electron chi connectivity index (χ1n) is 11.9. The highest BCUT2D eigenvalue weighted by molar-refractivity contribution is 5.92. The lowest BCUT2D eigenvalue weighted by atomic mass is 10.1. The number of aryl methyl sites for hydroxylation is 1. The number of rotatable bonds is 9. The minimum absolute atomic E-state index is 0.104. The number of hydrogen-bond donors (Lipinski definition) is 2. The Balaban J connectivity index is 1.25. The maximum Gasteiger partial charge on any atom is 0.291 e.